The van der Waals surface area contributed by atoms with Gasteiger partial charge in [-0.15, -0.1) is 0 Å². The average molecular weight is 1360 g/mol. The number of benzene rings is 22. The van der Waals surface area contributed by atoms with Crippen molar-refractivity contribution in [3.8, 4) is 134 Å². The third-order valence-corrected chi connectivity index (χ3v) is 24.9. The molecule has 4 aliphatic carbocycles. The van der Waals surface area contributed by atoms with Gasteiger partial charge in [-0.2, -0.15) is 0 Å². The third-order valence-electron chi connectivity index (χ3n) is 24.9. The Balaban J connectivity index is 0.000000124. The van der Waals surface area contributed by atoms with E-state index >= 15 is 0 Å². The Hall–Kier alpha value is -14.0. The monoisotopic (exact) mass is 1360 g/mol. The first-order valence-corrected chi connectivity index (χ1v) is 37.9. The second-order valence-corrected chi connectivity index (χ2v) is 30.2. The van der Waals surface area contributed by atoms with Crippen molar-refractivity contribution in [3.63, 3.8) is 0 Å². The molecule has 22 aromatic carbocycles. The van der Waals surface area contributed by atoms with E-state index < -0.39 is 0 Å². The molecule has 0 amide bonds. The van der Waals surface area contributed by atoms with Gasteiger partial charge in [-0.05, 0) is 299 Å². The zero-order valence-corrected chi connectivity index (χ0v) is 58.6. The molecule has 4 aliphatic rings. The molecule has 0 unspecified atom stereocenters. The van der Waals surface area contributed by atoms with Crippen LogP contribution in [0.25, 0.3) is 263 Å². The van der Waals surface area contributed by atoms with Crippen LogP contribution in [-0.2, 0) is 0 Å². The molecule has 0 bridgehead atoms. The van der Waals surface area contributed by atoms with Crippen molar-refractivity contribution in [2.75, 3.05) is 0 Å². The quantitative estimate of drug-likeness (QED) is 0.154. The van der Waals surface area contributed by atoms with Crippen LogP contribution >= 0.6 is 0 Å². The predicted molar refractivity (Wildman–Crippen MR) is 462 cm³/mol. The van der Waals surface area contributed by atoms with E-state index in [1.54, 1.807) is 0 Å². The Morgan fingerprint density at radius 1 is 0.102 bits per heavy atom. The van der Waals surface area contributed by atoms with Gasteiger partial charge in [0.1, 0.15) is 0 Å². The molecule has 26 rings (SSSR count). The first-order valence-electron chi connectivity index (χ1n) is 37.9. The van der Waals surface area contributed by atoms with E-state index in [0.29, 0.717) is 0 Å². The summed E-state index contributed by atoms with van der Waals surface area (Å²) in [6.07, 6.45) is 0. The zero-order valence-electron chi connectivity index (χ0n) is 58.6. The Morgan fingerprint density at radius 3 is 0.787 bits per heavy atom. The van der Waals surface area contributed by atoms with Gasteiger partial charge in [0.2, 0.25) is 0 Å². The Labute approximate surface area is 622 Å². The topological polar surface area (TPSA) is 0 Å². The lowest BCUT2D eigenvalue weighted by molar-refractivity contribution is 1.63. The van der Waals surface area contributed by atoms with E-state index in [0.717, 1.165) is 0 Å². The van der Waals surface area contributed by atoms with Crippen LogP contribution in [0.4, 0.5) is 0 Å². The summed E-state index contributed by atoms with van der Waals surface area (Å²) in [5, 5.41) is 31.4. The summed E-state index contributed by atoms with van der Waals surface area (Å²) >= 11 is 0. The van der Waals surface area contributed by atoms with Crippen LogP contribution in [-0.4, -0.2) is 0 Å². The highest BCUT2D eigenvalue weighted by atomic mass is 14.4. The van der Waals surface area contributed by atoms with Gasteiger partial charge in [-0.3, -0.25) is 0 Å². The summed E-state index contributed by atoms with van der Waals surface area (Å²) in [6.45, 7) is 0. The first kappa shape index (κ1) is 58.4. The standard InChI is InChI=1S/2C54H30/c1-3-12-32(13-4-1)49-43-27-26-37-41(25-24-35-28-45-39-20-9-17-31-18-10-21-40(48(31)39)46(45)30-44(35)37)52(43)50(33-14-5-2-6-15-33)53-42-23-11-22-38-36-19-8-7-16-34(36)29-47(51(38)42)54(49)53;1-3-12-32(13-4-1)49-43-27-26-37-41(25-24-35-28-45-39-20-9-17-31-18-10-21-40(48(31)39)46(45)30-44(35)37)52(43)50(33-14-5-2-6-15-33)54-47-29-34-16-7-8-19-36(34)38-22-11-23-42(51(38)47)53(49)54/h2*1-30H. The van der Waals surface area contributed by atoms with Crippen LogP contribution in [0.2, 0.25) is 0 Å². The molecule has 0 atom stereocenters. The van der Waals surface area contributed by atoms with Gasteiger partial charge in [-0.25, -0.2) is 0 Å². The number of hydrogen-bond donors (Lipinski definition) is 0. The number of hydrogen-bond acceptors (Lipinski definition) is 0. The molecule has 0 heteroatoms. The van der Waals surface area contributed by atoms with Crippen molar-refractivity contribution in [1.82, 2.24) is 0 Å². The van der Waals surface area contributed by atoms with Crippen molar-refractivity contribution < 1.29 is 0 Å². The number of fused-ring (bicyclic) bond motifs is 26. The molecule has 0 spiro atoms. The summed E-state index contributed by atoms with van der Waals surface area (Å²) in [6, 6.07) is 137. The van der Waals surface area contributed by atoms with Crippen LogP contribution in [0.1, 0.15) is 0 Å². The highest BCUT2D eigenvalue weighted by Gasteiger charge is 2.35. The minimum Gasteiger partial charge on any atom is -0.0622 e. The molecular formula is C108H60. The zero-order chi connectivity index (χ0) is 70.1. The molecule has 108 heavy (non-hydrogen) atoms. The van der Waals surface area contributed by atoms with Gasteiger partial charge in [-0.1, -0.05) is 328 Å². The van der Waals surface area contributed by atoms with E-state index in [9.17, 15) is 0 Å². The fourth-order valence-electron chi connectivity index (χ4n) is 20.6. The Morgan fingerprint density at radius 2 is 0.370 bits per heavy atom. The van der Waals surface area contributed by atoms with Gasteiger partial charge in [0.15, 0.2) is 0 Å². The lowest BCUT2D eigenvalue weighted by Gasteiger charge is -2.22. The van der Waals surface area contributed by atoms with Crippen LogP contribution in [0.5, 0.6) is 0 Å². The predicted octanol–water partition coefficient (Wildman–Crippen LogP) is 30.5. The molecule has 0 saturated heterocycles. The van der Waals surface area contributed by atoms with Crippen LogP contribution < -0.4 is 0 Å². The lowest BCUT2D eigenvalue weighted by atomic mass is 9.80. The van der Waals surface area contributed by atoms with Gasteiger partial charge in [0.25, 0.3) is 0 Å². The molecule has 0 saturated carbocycles. The van der Waals surface area contributed by atoms with Crippen LogP contribution in [0.3, 0.4) is 0 Å². The highest BCUT2D eigenvalue weighted by molar-refractivity contribution is 6.38. The Bertz CT molecular complexity index is 7820. The van der Waals surface area contributed by atoms with Crippen molar-refractivity contribution in [2.45, 2.75) is 0 Å². The number of rotatable bonds is 4. The summed E-state index contributed by atoms with van der Waals surface area (Å²) in [7, 11) is 0. The minimum absolute atomic E-state index is 1.25. The van der Waals surface area contributed by atoms with Gasteiger partial charge >= 0.3 is 0 Å². The normalized spacial score (nSPS) is 12.4. The smallest absolute Gasteiger partial charge is 0.000697 e. The molecule has 22 aromatic rings. The summed E-state index contributed by atoms with van der Waals surface area (Å²) in [5.74, 6) is 0. The molecule has 0 nitrogen and oxygen atoms in total. The molecule has 0 radical (unpaired) electrons. The summed E-state index contributed by atoms with van der Waals surface area (Å²) in [5.41, 5.74) is 31.6. The molecule has 0 aromatic heterocycles. The summed E-state index contributed by atoms with van der Waals surface area (Å²) in [4.78, 5) is 0. The van der Waals surface area contributed by atoms with E-state index in [2.05, 4.69) is 364 Å². The fraction of sp³-hybridized carbons (Fsp3) is 0. The second-order valence-electron chi connectivity index (χ2n) is 30.2. The Kier molecular flexibility index (Phi) is 11.8. The maximum Gasteiger partial charge on any atom is -0.000697 e. The molecule has 0 N–H and O–H groups in total. The second kappa shape index (κ2) is 21.8. The van der Waals surface area contributed by atoms with Crippen molar-refractivity contribution in [2.24, 2.45) is 0 Å². The molecular weight excluding hydrogens is 1300 g/mol. The first-order chi connectivity index (χ1) is 53.6. The SMILES string of the molecule is c1ccc(-c2c3c(c(-c4ccccc4)c4c2ccc2c5cc6c(cc5ccc24)-c2cccc4cccc-6c24)-c2cc4ccccc4c4cccc-3c24)cc1.c1ccc(-c2c3c(c(-c4ccccc4)c4c2ccc2c5cc6c(cc5ccc24)-c2cccc4cccc-6c24)-c2cccc4c2c-3cc2ccccc24)cc1. The van der Waals surface area contributed by atoms with Crippen LogP contribution in [0.15, 0.2) is 364 Å². The summed E-state index contributed by atoms with van der Waals surface area (Å²) < 4.78 is 0. The van der Waals surface area contributed by atoms with E-state index in [1.807, 2.05) is 0 Å². The van der Waals surface area contributed by atoms with E-state index in [-0.39, 0.29) is 0 Å². The lowest BCUT2D eigenvalue weighted by Crippen LogP contribution is -1.95. The molecule has 0 heterocycles. The van der Waals surface area contributed by atoms with E-state index in [4.69, 9.17) is 0 Å². The third kappa shape index (κ3) is 7.82. The minimum atomic E-state index is 1.25. The van der Waals surface area contributed by atoms with Crippen molar-refractivity contribution in [1.29, 1.82) is 0 Å². The molecule has 0 aliphatic heterocycles. The van der Waals surface area contributed by atoms with Crippen LogP contribution in [0, 0.1) is 0 Å². The highest BCUT2D eigenvalue weighted by Crippen LogP contribution is 2.63. The maximum atomic E-state index is 2.48. The largest absolute Gasteiger partial charge is 0.0622 e. The maximum absolute atomic E-state index is 2.48. The van der Waals surface area contributed by atoms with E-state index in [1.165, 1.54) is 263 Å². The van der Waals surface area contributed by atoms with Crippen molar-refractivity contribution in [3.05, 3.63) is 364 Å². The molecule has 492 valence electrons. The van der Waals surface area contributed by atoms with Gasteiger partial charge in [0.05, 0.1) is 0 Å². The fourth-order valence-corrected chi connectivity index (χ4v) is 20.6. The average Bonchev–Trinajstić information content (AvgIpc) is 1.41. The van der Waals surface area contributed by atoms with Gasteiger partial charge in [0, 0.05) is 0 Å². The van der Waals surface area contributed by atoms with Crippen molar-refractivity contribution >= 4 is 129 Å². The van der Waals surface area contributed by atoms with Gasteiger partial charge < -0.3 is 0 Å². The molecule has 0 fully saturated rings.